The standard InChI is InChI=1S/C18H28N2O2/c1-22-12-6-11-19-18(21)15-20(14-17-9-5-10-17)13-16-7-3-2-4-8-16/h2-4,7-8,17H,5-6,9-15H2,1H3,(H,19,21). The van der Waals surface area contributed by atoms with Crippen LogP contribution in [0.25, 0.3) is 0 Å². The number of amides is 1. The van der Waals surface area contributed by atoms with Crippen molar-refractivity contribution in [1.82, 2.24) is 10.2 Å². The molecule has 0 radical (unpaired) electrons. The van der Waals surface area contributed by atoms with Crippen molar-refractivity contribution in [2.75, 3.05) is 33.4 Å². The Morgan fingerprint density at radius 1 is 1.32 bits per heavy atom. The third kappa shape index (κ3) is 6.16. The molecule has 0 aliphatic heterocycles. The third-order valence-electron chi connectivity index (χ3n) is 4.20. The van der Waals surface area contributed by atoms with Gasteiger partial charge >= 0.3 is 0 Å². The van der Waals surface area contributed by atoms with Gasteiger partial charge in [0.05, 0.1) is 6.54 Å². The van der Waals surface area contributed by atoms with Crippen LogP contribution in [0.3, 0.4) is 0 Å². The summed E-state index contributed by atoms with van der Waals surface area (Å²) in [5.41, 5.74) is 1.27. The number of methoxy groups -OCH3 is 1. The molecule has 1 aliphatic rings. The van der Waals surface area contributed by atoms with Crippen LogP contribution in [0, 0.1) is 5.92 Å². The molecule has 2 rings (SSSR count). The molecule has 0 atom stereocenters. The van der Waals surface area contributed by atoms with Crippen LogP contribution in [-0.2, 0) is 16.1 Å². The molecule has 1 fully saturated rings. The Hall–Kier alpha value is -1.39. The van der Waals surface area contributed by atoms with Crippen LogP contribution < -0.4 is 5.32 Å². The second-order valence-corrected chi connectivity index (χ2v) is 6.15. The summed E-state index contributed by atoms with van der Waals surface area (Å²) in [6.07, 6.45) is 4.82. The largest absolute Gasteiger partial charge is 0.385 e. The molecule has 1 amide bonds. The van der Waals surface area contributed by atoms with E-state index in [-0.39, 0.29) is 5.91 Å². The molecule has 1 N–H and O–H groups in total. The van der Waals surface area contributed by atoms with E-state index in [1.165, 1.54) is 24.8 Å². The summed E-state index contributed by atoms with van der Waals surface area (Å²) in [6.45, 7) is 3.74. The van der Waals surface area contributed by atoms with Crippen molar-refractivity contribution >= 4 is 5.91 Å². The average Bonchev–Trinajstić information content (AvgIpc) is 2.48. The predicted octanol–water partition coefficient (Wildman–Crippen LogP) is 2.44. The summed E-state index contributed by atoms with van der Waals surface area (Å²) in [5, 5.41) is 2.98. The van der Waals surface area contributed by atoms with Crippen LogP contribution in [-0.4, -0.2) is 44.2 Å². The van der Waals surface area contributed by atoms with E-state index in [1.807, 2.05) is 6.07 Å². The third-order valence-corrected chi connectivity index (χ3v) is 4.20. The van der Waals surface area contributed by atoms with Crippen molar-refractivity contribution in [2.24, 2.45) is 5.92 Å². The maximum absolute atomic E-state index is 12.1. The number of carbonyl (C=O) groups is 1. The number of rotatable bonds is 10. The van der Waals surface area contributed by atoms with E-state index in [9.17, 15) is 4.79 Å². The predicted molar refractivity (Wildman–Crippen MR) is 88.6 cm³/mol. The van der Waals surface area contributed by atoms with Crippen LogP contribution in [0.1, 0.15) is 31.2 Å². The first-order valence-electron chi connectivity index (χ1n) is 8.30. The van der Waals surface area contributed by atoms with Crippen molar-refractivity contribution in [3.8, 4) is 0 Å². The molecule has 1 aromatic carbocycles. The van der Waals surface area contributed by atoms with Gasteiger partial charge in [-0.1, -0.05) is 36.8 Å². The lowest BCUT2D eigenvalue weighted by atomic mass is 9.85. The molecule has 0 saturated heterocycles. The monoisotopic (exact) mass is 304 g/mol. The van der Waals surface area contributed by atoms with Crippen LogP contribution in [0.5, 0.6) is 0 Å². The second-order valence-electron chi connectivity index (χ2n) is 6.15. The lowest BCUT2D eigenvalue weighted by Gasteiger charge is -2.32. The summed E-state index contributed by atoms with van der Waals surface area (Å²) in [4.78, 5) is 14.4. The van der Waals surface area contributed by atoms with Gasteiger partial charge in [-0.15, -0.1) is 0 Å². The van der Waals surface area contributed by atoms with Crippen LogP contribution in [0.2, 0.25) is 0 Å². The highest BCUT2D eigenvalue weighted by molar-refractivity contribution is 5.77. The average molecular weight is 304 g/mol. The molecule has 1 saturated carbocycles. The first kappa shape index (κ1) is 17.0. The van der Waals surface area contributed by atoms with Gasteiger partial charge in [0.1, 0.15) is 0 Å². The minimum Gasteiger partial charge on any atom is -0.385 e. The number of nitrogens with one attached hydrogen (secondary N) is 1. The Balaban J connectivity index is 1.79. The van der Waals surface area contributed by atoms with Crippen molar-refractivity contribution in [1.29, 1.82) is 0 Å². The van der Waals surface area contributed by atoms with Gasteiger partial charge in [0, 0.05) is 33.4 Å². The molecule has 122 valence electrons. The topological polar surface area (TPSA) is 41.6 Å². The molecule has 0 spiro atoms. The van der Waals surface area contributed by atoms with Crippen molar-refractivity contribution in [3.63, 3.8) is 0 Å². The highest BCUT2D eigenvalue weighted by atomic mass is 16.5. The number of benzene rings is 1. The molecular weight excluding hydrogens is 276 g/mol. The lowest BCUT2D eigenvalue weighted by molar-refractivity contribution is -0.122. The SMILES string of the molecule is COCCCNC(=O)CN(Cc1ccccc1)CC1CCC1. The maximum Gasteiger partial charge on any atom is 0.234 e. The van der Waals surface area contributed by atoms with E-state index < -0.39 is 0 Å². The number of carbonyl (C=O) groups excluding carboxylic acids is 1. The molecule has 22 heavy (non-hydrogen) atoms. The fraction of sp³-hybridized carbons (Fsp3) is 0.611. The van der Waals surface area contributed by atoms with Crippen molar-refractivity contribution in [3.05, 3.63) is 35.9 Å². The fourth-order valence-electron chi connectivity index (χ4n) is 2.77. The first-order chi connectivity index (χ1) is 10.8. The Morgan fingerprint density at radius 2 is 2.09 bits per heavy atom. The number of hydrogen-bond acceptors (Lipinski definition) is 3. The molecule has 0 unspecified atom stereocenters. The Kier molecular flexibility index (Phi) is 7.40. The maximum atomic E-state index is 12.1. The number of ether oxygens (including phenoxy) is 1. The van der Waals surface area contributed by atoms with E-state index in [0.717, 1.165) is 25.4 Å². The minimum atomic E-state index is 0.117. The Morgan fingerprint density at radius 3 is 2.73 bits per heavy atom. The van der Waals surface area contributed by atoms with Gasteiger partial charge in [-0.2, -0.15) is 0 Å². The molecule has 0 bridgehead atoms. The quantitative estimate of drug-likeness (QED) is 0.675. The molecule has 0 aromatic heterocycles. The van der Waals surface area contributed by atoms with Gasteiger partial charge < -0.3 is 10.1 Å². The summed E-state index contributed by atoms with van der Waals surface area (Å²) in [7, 11) is 1.68. The van der Waals surface area contributed by atoms with E-state index in [4.69, 9.17) is 4.74 Å². The lowest BCUT2D eigenvalue weighted by Crippen LogP contribution is -2.40. The molecular formula is C18H28N2O2. The van der Waals surface area contributed by atoms with Crippen LogP contribution in [0.15, 0.2) is 30.3 Å². The molecule has 4 nitrogen and oxygen atoms in total. The molecule has 1 aromatic rings. The summed E-state index contributed by atoms with van der Waals surface area (Å²) >= 11 is 0. The molecule has 1 aliphatic carbocycles. The van der Waals surface area contributed by atoms with E-state index >= 15 is 0 Å². The van der Waals surface area contributed by atoms with E-state index in [0.29, 0.717) is 19.7 Å². The Bertz CT molecular complexity index is 432. The molecule has 0 heterocycles. The molecule has 4 heteroatoms. The van der Waals surface area contributed by atoms with Gasteiger partial charge in [-0.25, -0.2) is 0 Å². The second kappa shape index (κ2) is 9.59. The van der Waals surface area contributed by atoms with E-state index in [1.54, 1.807) is 7.11 Å². The van der Waals surface area contributed by atoms with Crippen LogP contribution in [0.4, 0.5) is 0 Å². The Labute approximate surface area is 133 Å². The summed E-state index contributed by atoms with van der Waals surface area (Å²) in [5.74, 6) is 0.886. The smallest absolute Gasteiger partial charge is 0.234 e. The van der Waals surface area contributed by atoms with Gasteiger partial charge in [-0.05, 0) is 30.7 Å². The fourth-order valence-corrected chi connectivity index (χ4v) is 2.77. The van der Waals surface area contributed by atoms with E-state index in [2.05, 4.69) is 34.5 Å². The highest BCUT2D eigenvalue weighted by Gasteiger charge is 2.22. The zero-order valence-corrected chi connectivity index (χ0v) is 13.6. The zero-order valence-electron chi connectivity index (χ0n) is 13.6. The summed E-state index contributed by atoms with van der Waals surface area (Å²) in [6, 6.07) is 10.4. The zero-order chi connectivity index (χ0) is 15.6. The van der Waals surface area contributed by atoms with Gasteiger partial charge in [-0.3, -0.25) is 9.69 Å². The highest BCUT2D eigenvalue weighted by Crippen LogP contribution is 2.27. The van der Waals surface area contributed by atoms with Crippen LogP contribution >= 0.6 is 0 Å². The van der Waals surface area contributed by atoms with Gasteiger partial charge in [0.25, 0.3) is 0 Å². The van der Waals surface area contributed by atoms with Crippen molar-refractivity contribution < 1.29 is 9.53 Å². The number of hydrogen-bond donors (Lipinski definition) is 1. The number of nitrogens with zero attached hydrogens (tertiary/aromatic N) is 1. The first-order valence-corrected chi connectivity index (χ1v) is 8.30. The minimum absolute atomic E-state index is 0.117. The normalized spacial score (nSPS) is 14.8. The van der Waals surface area contributed by atoms with Gasteiger partial charge in [0.2, 0.25) is 5.91 Å². The summed E-state index contributed by atoms with van der Waals surface area (Å²) < 4.78 is 5.00. The van der Waals surface area contributed by atoms with Crippen molar-refractivity contribution in [2.45, 2.75) is 32.2 Å². The van der Waals surface area contributed by atoms with Gasteiger partial charge in [0.15, 0.2) is 0 Å².